The first-order chi connectivity index (χ1) is 10.2. The first-order valence-electron chi connectivity index (χ1n) is 6.62. The van der Waals surface area contributed by atoms with Crippen molar-refractivity contribution in [1.82, 2.24) is 5.32 Å². The zero-order chi connectivity index (χ0) is 15.1. The average molecular weight is 332 g/mol. The van der Waals surface area contributed by atoms with Crippen LogP contribution in [-0.4, -0.2) is 38.7 Å². The van der Waals surface area contributed by atoms with Crippen LogP contribution in [0.15, 0.2) is 12.1 Å². The summed E-state index contributed by atoms with van der Waals surface area (Å²) in [6, 6.07) is 3.75. The van der Waals surface area contributed by atoms with Crippen LogP contribution in [0.4, 0.5) is 0 Å². The standard InChI is InChI=1S/C14H18ClNO4S/c1-18-4-2-3-16-13(17)8-21-7-10-5-11(15)14-12(6-10)19-9-20-14/h5-6H,2-4,7-9H2,1H3,(H,16,17). The number of amides is 1. The van der Waals surface area contributed by atoms with E-state index in [9.17, 15) is 4.79 Å². The van der Waals surface area contributed by atoms with E-state index >= 15 is 0 Å². The van der Waals surface area contributed by atoms with Gasteiger partial charge in [-0.3, -0.25) is 4.79 Å². The highest BCUT2D eigenvalue weighted by atomic mass is 35.5. The lowest BCUT2D eigenvalue weighted by molar-refractivity contribution is -0.118. The summed E-state index contributed by atoms with van der Waals surface area (Å²) in [6.07, 6.45) is 0.824. The summed E-state index contributed by atoms with van der Waals surface area (Å²) in [5.41, 5.74) is 1.02. The third kappa shape index (κ3) is 4.98. The maximum absolute atomic E-state index is 11.6. The van der Waals surface area contributed by atoms with Crippen LogP contribution in [0.1, 0.15) is 12.0 Å². The van der Waals surface area contributed by atoms with E-state index in [1.54, 1.807) is 7.11 Å². The van der Waals surface area contributed by atoms with Crippen molar-refractivity contribution < 1.29 is 19.0 Å². The molecule has 0 spiro atoms. The molecule has 0 saturated heterocycles. The van der Waals surface area contributed by atoms with E-state index in [1.807, 2.05) is 12.1 Å². The number of fused-ring (bicyclic) bond motifs is 1. The molecule has 1 amide bonds. The molecule has 1 N–H and O–H groups in total. The van der Waals surface area contributed by atoms with Crippen LogP contribution in [0.2, 0.25) is 5.02 Å². The van der Waals surface area contributed by atoms with E-state index in [-0.39, 0.29) is 12.7 Å². The number of hydrogen-bond donors (Lipinski definition) is 1. The third-order valence-electron chi connectivity index (χ3n) is 2.84. The van der Waals surface area contributed by atoms with Crippen LogP contribution >= 0.6 is 23.4 Å². The summed E-state index contributed by atoms with van der Waals surface area (Å²) in [5.74, 6) is 2.41. The lowest BCUT2D eigenvalue weighted by Gasteiger charge is -2.06. The van der Waals surface area contributed by atoms with Gasteiger partial charge in [-0.05, 0) is 24.1 Å². The molecule has 1 aromatic rings. The number of thioether (sulfide) groups is 1. The van der Waals surface area contributed by atoms with Gasteiger partial charge in [-0.25, -0.2) is 0 Å². The summed E-state index contributed by atoms with van der Waals surface area (Å²) in [6.45, 7) is 1.50. The highest BCUT2D eigenvalue weighted by Crippen LogP contribution is 2.40. The molecule has 2 rings (SSSR count). The molecular weight excluding hydrogens is 314 g/mol. The Morgan fingerprint density at radius 1 is 1.48 bits per heavy atom. The molecule has 1 aromatic carbocycles. The second kappa shape index (κ2) is 8.36. The monoisotopic (exact) mass is 331 g/mol. The minimum Gasteiger partial charge on any atom is -0.454 e. The van der Waals surface area contributed by atoms with Crippen LogP contribution < -0.4 is 14.8 Å². The molecule has 1 aliphatic heterocycles. The normalized spacial score (nSPS) is 12.5. The van der Waals surface area contributed by atoms with Gasteiger partial charge in [0.1, 0.15) is 0 Å². The smallest absolute Gasteiger partial charge is 0.231 e. The van der Waals surface area contributed by atoms with Crippen LogP contribution in [0.3, 0.4) is 0 Å². The average Bonchev–Trinajstić information content (AvgIpc) is 2.92. The second-order valence-electron chi connectivity index (χ2n) is 4.50. The molecule has 0 bridgehead atoms. The fraction of sp³-hybridized carbons (Fsp3) is 0.500. The summed E-state index contributed by atoms with van der Waals surface area (Å²) < 4.78 is 15.5. The van der Waals surface area contributed by atoms with Gasteiger partial charge in [0.2, 0.25) is 12.7 Å². The van der Waals surface area contributed by atoms with Crippen LogP contribution in [0, 0.1) is 0 Å². The summed E-state index contributed by atoms with van der Waals surface area (Å²) in [7, 11) is 1.65. The van der Waals surface area contributed by atoms with E-state index in [0.29, 0.717) is 41.2 Å². The first-order valence-corrected chi connectivity index (χ1v) is 8.15. The summed E-state index contributed by atoms with van der Waals surface area (Å²) >= 11 is 7.64. The third-order valence-corrected chi connectivity index (χ3v) is 4.12. The van der Waals surface area contributed by atoms with Gasteiger partial charge < -0.3 is 19.5 Å². The SMILES string of the molecule is COCCCNC(=O)CSCc1cc(Cl)c2c(c1)OCO2. The fourth-order valence-corrected chi connectivity index (χ4v) is 2.94. The van der Waals surface area contributed by atoms with E-state index in [4.69, 9.17) is 25.8 Å². The fourth-order valence-electron chi connectivity index (χ4n) is 1.86. The summed E-state index contributed by atoms with van der Waals surface area (Å²) in [5, 5.41) is 3.39. The van der Waals surface area contributed by atoms with Crippen molar-refractivity contribution in [3.8, 4) is 11.5 Å². The molecule has 0 atom stereocenters. The van der Waals surface area contributed by atoms with E-state index in [1.165, 1.54) is 11.8 Å². The van der Waals surface area contributed by atoms with Gasteiger partial charge in [-0.2, -0.15) is 0 Å². The van der Waals surface area contributed by atoms with Gasteiger partial charge in [0.05, 0.1) is 10.8 Å². The molecule has 0 saturated carbocycles. The lowest BCUT2D eigenvalue weighted by atomic mass is 10.2. The van der Waals surface area contributed by atoms with Gasteiger partial charge in [0.25, 0.3) is 0 Å². The number of ether oxygens (including phenoxy) is 3. The predicted molar refractivity (Wildman–Crippen MR) is 83.2 cm³/mol. The molecule has 21 heavy (non-hydrogen) atoms. The highest BCUT2D eigenvalue weighted by molar-refractivity contribution is 7.99. The number of benzene rings is 1. The van der Waals surface area contributed by atoms with Crippen LogP contribution in [0.25, 0.3) is 0 Å². The molecule has 0 fully saturated rings. The van der Waals surface area contributed by atoms with Crippen molar-refractivity contribution >= 4 is 29.3 Å². The number of carbonyl (C=O) groups excluding carboxylic acids is 1. The zero-order valence-corrected chi connectivity index (χ0v) is 13.4. The van der Waals surface area contributed by atoms with Crippen LogP contribution in [-0.2, 0) is 15.3 Å². The van der Waals surface area contributed by atoms with Gasteiger partial charge >= 0.3 is 0 Å². The van der Waals surface area contributed by atoms with E-state index < -0.39 is 0 Å². The Balaban J connectivity index is 1.71. The van der Waals surface area contributed by atoms with Gasteiger partial charge in [-0.1, -0.05) is 11.6 Å². The second-order valence-corrected chi connectivity index (χ2v) is 5.89. The zero-order valence-electron chi connectivity index (χ0n) is 11.8. The predicted octanol–water partition coefficient (Wildman–Crippen LogP) is 2.45. The van der Waals surface area contributed by atoms with Crippen molar-refractivity contribution in [2.75, 3.05) is 32.8 Å². The number of nitrogens with one attached hydrogen (secondary N) is 1. The maximum atomic E-state index is 11.6. The van der Waals surface area contributed by atoms with E-state index in [2.05, 4.69) is 5.32 Å². The van der Waals surface area contributed by atoms with Crippen molar-refractivity contribution in [2.24, 2.45) is 0 Å². The number of methoxy groups -OCH3 is 1. The molecule has 116 valence electrons. The highest BCUT2D eigenvalue weighted by Gasteiger charge is 2.18. The Labute approximate surface area is 133 Å². The Kier molecular flexibility index (Phi) is 6.48. The Hall–Kier alpha value is -1.11. The number of hydrogen-bond acceptors (Lipinski definition) is 5. The molecular formula is C14H18ClNO4S. The Morgan fingerprint density at radius 3 is 3.14 bits per heavy atom. The van der Waals surface area contributed by atoms with Crippen molar-refractivity contribution in [3.05, 3.63) is 22.7 Å². The minimum absolute atomic E-state index is 0.0305. The summed E-state index contributed by atoms with van der Waals surface area (Å²) in [4.78, 5) is 11.6. The minimum atomic E-state index is 0.0305. The quantitative estimate of drug-likeness (QED) is 0.742. The van der Waals surface area contributed by atoms with Crippen molar-refractivity contribution in [1.29, 1.82) is 0 Å². The Bertz CT molecular complexity index is 498. The number of halogens is 1. The van der Waals surface area contributed by atoms with Crippen LogP contribution in [0.5, 0.6) is 11.5 Å². The molecule has 7 heteroatoms. The molecule has 0 unspecified atom stereocenters. The number of carbonyl (C=O) groups is 1. The molecule has 1 aliphatic rings. The van der Waals surface area contributed by atoms with E-state index in [0.717, 1.165) is 12.0 Å². The van der Waals surface area contributed by atoms with Gasteiger partial charge in [0.15, 0.2) is 11.5 Å². The molecule has 0 radical (unpaired) electrons. The van der Waals surface area contributed by atoms with Gasteiger partial charge in [0, 0.05) is 26.0 Å². The largest absolute Gasteiger partial charge is 0.454 e. The maximum Gasteiger partial charge on any atom is 0.231 e. The molecule has 1 heterocycles. The van der Waals surface area contributed by atoms with Crippen molar-refractivity contribution in [2.45, 2.75) is 12.2 Å². The first kappa shape index (κ1) is 16.3. The lowest BCUT2D eigenvalue weighted by Crippen LogP contribution is -2.26. The molecule has 5 nitrogen and oxygen atoms in total. The number of rotatable bonds is 8. The van der Waals surface area contributed by atoms with Crippen molar-refractivity contribution in [3.63, 3.8) is 0 Å². The molecule has 0 aromatic heterocycles. The topological polar surface area (TPSA) is 56.8 Å². The van der Waals surface area contributed by atoms with Gasteiger partial charge in [-0.15, -0.1) is 11.8 Å². The Morgan fingerprint density at radius 2 is 2.33 bits per heavy atom. The molecule has 0 aliphatic carbocycles.